The number of amides is 1. The van der Waals surface area contributed by atoms with Gasteiger partial charge in [-0.25, -0.2) is 4.39 Å². The standard InChI is InChI=1S/C16H22FNOS/c1-11(2)10-18(12-5-3-4-6-12)16(19)14-9-13(20)7-8-15(14)17/h7-9,11-12,20H,3-6,10H2,1-2H3. The highest BCUT2D eigenvalue weighted by atomic mass is 32.1. The minimum atomic E-state index is -0.459. The molecule has 0 bridgehead atoms. The molecule has 1 fully saturated rings. The van der Waals surface area contributed by atoms with Crippen molar-refractivity contribution in [1.82, 2.24) is 4.90 Å². The lowest BCUT2D eigenvalue weighted by Crippen LogP contribution is -2.41. The van der Waals surface area contributed by atoms with Gasteiger partial charge >= 0.3 is 0 Å². The highest BCUT2D eigenvalue weighted by molar-refractivity contribution is 7.80. The number of rotatable bonds is 4. The molecule has 1 aliphatic rings. The largest absolute Gasteiger partial charge is 0.335 e. The summed E-state index contributed by atoms with van der Waals surface area (Å²) in [4.78, 5) is 15.2. The van der Waals surface area contributed by atoms with Gasteiger partial charge in [-0.05, 0) is 37.0 Å². The number of nitrogens with zero attached hydrogens (tertiary/aromatic N) is 1. The molecule has 0 atom stereocenters. The van der Waals surface area contributed by atoms with Gasteiger partial charge < -0.3 is 4.90 Å². The number of hydrogen-bond acceptors (Lipinski definition) is 2. The third-order valence-electron chi connectivity index (χ3n) is 3.77. The van der Waals surface area contributed by atoms with E-state index in [0.29, 0.717) is 17.4 Å². The first-order valence-corrected chi connectivity index (χ1v) is 7.73. The maximum Gasteiger partial charge on any atom is 0.257 e. The van der Waals surface area contributed by atoms with E-state index in [1.807, 2.05) is 4.90 Å². The van der Waals surface area contributed by atoms with Crippen molar-refractivity contribution >= 4 is 18.5 Å². The van der Waals surface area contributed by atoms with E-state index in [9.17, 15) is 9.18 Å². The van der Waals surface area contributed by atoms with Gasteiger partial charge in [-0.2, -0.15) is 0 Å². The number of thiol groups is 1. The molecule has 0 N–H and O–H groups in total. The molecule has 0 aromatic heterocycles. The van der Waals surface area contributed by atoms with Crippen molar-refractivity contribution < 1.29 is 9.18 Å². The molecule has 4 heteroatoms. The van der Waals surface area contributed by atoms with Crippen molar-refractivity contribution in [3.8, 4) is 0 Å². The van der Waals surface area contributed by atoms with Gasteiger partial charge in [0.2, 0.25) is 0 Å². The number of benzene rings is 1. The summed E-state index contributed by atoms with van der Waals surface area (Å²) in [6.45, 7) is 4.85. The summed E-state index contributed by atoms with van der Waals surface area (Å²) in [7, 11) is 0. The Hall–Kier alpha value is -1.03. The summed E-state index contributed by atoms with van der Waals surface area (Å²) in [5.74, 6) is -0.277. The zero-order valence-corrected chi connectivity index (χ0v) is 13.0. The van der Waals surface area contributed by atoms with E-state index in [0.717, 1.165) is 25.7 Å². The monoisotopic (exact) mass is 295 g/mol. The molecule has 0 aliphatic heterocycles. The Balaban J connectivity index is 2.27. The van der Waals surface area contributed by atoms with Crippen LogP contribution < -0.4 is 0 Å². The second kappa shape index (κ2) is 6.61. The number of halogens is 1. The Morgan fingerprint density at radius 2 is 2.05 bits per heavy atom. The number of carbonyl (C=O) groups is 1. The minimum absolute atomic E-state index is 0.144. The molecule has 1 aliphatic carbocycles. The van der Waals surface area contributed by atoms with Crippen molar-refractivity contribution in [2.24, 2.45) is 5.92 Å². The molecule has 1 aromatic rings. The van der Waals surface area contributed by atoms with Crippen molar-refractivity contribution in [2.45, 2.75) is 50.5 Å². The Morgan fingerprint density at radius 1 is 1.40 bits per heavy atom. The number of carbonyl (C=O) groups excluding carboxylic acids is 1. The molecule has 2 nitrogen and oxygen atoms in total. The maximum absolute atomic E-state index is 13.9. The number of hydrogen-bond donors (Lipinski definition) is 1. The third kappa shape index (κ3) is 3.54. The highest BCUT2D eigenvalue weighted by Gasteiger charge is 2.29. The lowest BCUT2D eigenvalue weighted by atomic mass is 10.1. The Kier molecular flexibility index (Phi) is 5.08. The van der Waals surface area contributed by atoms with Gasteiger partial charge in [0.05, 0.1) is 5.56 Å². The van der Waals surface area contributed by atoms with Crippen LogP contribution in [-0.2, 0) is 0 Å². The van der Waals surface area contributed by atoms with Gasteiger partial charge in [0.15, 0.2) is 0 Å². The average Bonchev–Trinajstić information content (AvgIpc) is 2.91. The molecule has 0 unspecified atom stereocenters. The van der Waals surface area contributed by atoms with Crippen LogP contribution in [0.4, 0.5) is 4.39 Å². The molecule has 2 rings (SSSR count). The van der Waals surface area contributed by atoms with Gasteiger partial charge in [-0.1, -0.05) is 26.7 Å². The molecule has 0 heterocycles. The van der Waals surface area contributed by atoms with Crippen molar-refractivity contribution in [2.75, 3.05) is 6.54 Å². The smallest absolute Gasteiger partial charge is 0.257 e. The van der Waals surface area contributed by atoms with Crippen LogP contribution in [0.15, 0.2) is 23.1 Å². The van der Waals surface area contributed by atoms with Gasteiger partial charge in [0, 0.05) is 17.5 Å². The van der Waals surface area contributed by atoms with Crippen molar-refractivity contribution in [3.05, 3.63) is 29.6 Å². The normalized spacial score (nSPS) is 15.8. The van der Waals surface area contributed by atoms with Gasteiger partial charge in [-0.3, -0.25) is 4.79 Å². The lowest BCUT2D eigenvalue weighted by molar-refractivity contribution is 0.0650. The predicted molar refractivity (Wildman–Crippen MR) is 81.8 cm³/mol. The van der Waals surface area contributed by atoms with Crippen LogP contribution in [0.2, 0.25) is 0 Å². The Bertz CT molecular complexity index is 483. The second-order valence-corrected chi connectivity index (χ2v) is 6.47. The van der Waals surface area contributed by atoms with E-state index in [1.54, 1.807) is 6.07 Å². The van der Waals surface area contributed by atoms with Gasteiger partial charge in [0.1, 0.15) is 5.82 Å². The summed E-state index contributed by atoms with van der Waals surface area (Å²) in [5.41, 5.74) is 0.144. The van der Waals surface area contributed by atoms with E-state index >= 15 is 0 Å². The topological polar surface area (TPSA) is 20.3 Å². The van der Waals surface area contributed by atoms with E-state index in [2.05, 4.69) is 26.5 Å². The fourth-order valence-corrected chi connectivity index (χ4v) is 3.04. The van der Waals surface area contributed by atoms with Crippen molar-refractivity contribution in [1.29, 1.82) is 0 Å². The molecular weight excluding hydrogens is 273 g/mol. The quantitative estimate of drug-likeness (QED) is 0.827. The molecule has 1 aromatic carbocycles. The van der Waals surface area contributed by atoms with Gasteiger partial charge in [0.25, 0.3) is 5.91 Å². The first kappa shape index (κ1) is 15.4. The van der Waals surface area contributed by atoms with Crippen LogP contribution >= 0.6 is 12.6 Å². The average molecular weight is 295 g/mol. The molecule has 0 radical (unpaired) electrons. The van der Waals surface area contributed by atoms with Crippen molar-refractivity contribution in [3.63, 3.8) is 0 Å². The van der Waals surface area contributed by atoms with Crippen LogP contribution in [-0.4, -0.2) is 23.4 Å². The maximum atomic E-state index is 13.9. The fourth-order valence-electron chi connectivity index (χ4n) is 2.84. The molecular formula is C16H22FNOS. The van der Waals surface area contributed by atoms with Gasteiger partial charge in [-0.15, -0.1) is 12.6 Å². The van der Waals surface area contributed by atoms with Crippen LogP contribution in [0.3, 0.4) is 0 Å². The first-order valence-electron chi connectivity index (χ1n) is 7.28. The zero-order valence-electron chi connectivity index (χ0n) is 12.1. The summed E-state index contributed by atoms with van der Waals surface area (Å²) in [5, 5.41) is 0. The molecule has 0 spiro atoms. The first-order chi connectivity index (χ1) is 9.49. The lowest BCUT2D eigenvalue weighted by Gasteiger charge is -2.31. The predicted octanol–water partition coefficient (Wildman–Crippen LogP) is 4.16. The Labute approximate surface area is 125 Å². The summed E-state index contributed by atoms with van der Waals surface area (Å²) >= 11 is 4.21. The summed E-state index contributed by atoms with van der Waals surface area (Å²) in [6.07, 6.45) is 4.37. The molecule has 110 valence electrons. The van der Waals surface area contributed by atoms with E-state index in [4.69, 9.17) is 0 Å². The fraction of sp³-hybridized carbons (Fsp3) is 0.562. The summed E-state index contributed by atoms with van der Waals surface area (Å²) < 4.78 is 13.9. The minimum Gasteiger partial charge on any atom is -0.335 e. The van der Waals surface area contributed by atoms with E-state index in [-0.39, 0.29) is 17.5 Å². The van der Waals surface area contributed by atoms with Crippen LogP contribution in [0.5, 0.6) is 0 Å². The second-order valence-electron chi connectivity index (χ2n) is 5.95. The molecule has 1 saturated carbocycles. The third-order valence-corrected chi connectivity index (χ3v) is 4.05. The molecule has 0 saturated heterocycles. The Morgan fingerprint density at radius 3 is 2.65 bits per heavy atom. The highest BCUT2D eigenvalue weighted by Crippen LogP contribution is 2.27. The van der Waals surface area contributed by atoms with E-state index in [1.165, 1.54) is 12.1 Å². The molecule has 1 amide bonds. The van der Waals surface area contributed by atoms with E-state index < -0.39 is 5.82 Å². The zero-order chi connectivity index (χ0) is 14.7. The van der Waals surface area contributed by atoms with Crippen LogP contribution in [0.1, 0.15) is 49.9 Å². The molecule has 20 heavy (non-hydrogen) atoms. The SMILES string of the molecule is CC(C)CN(C(=O)c1cc(S)ccc1F)C1CCCC1. The van der Waals surface area contributed by atoms with Crippen LogP contribution in [0, 0.1) is 11.7 Å². The van der Waals surface area contributed by atoms with Crippen LogP contribution in [0.25, 0.3) is 0 Å². The summed E-state index contributed by atoms with van der Waals surface area (Å²) in [6, 6.07) is 4.67.